The smallest absolute Gasteiger partial charge is 0.125 e. The number of nitrogen functional groups attached to an aromatic ring is 1. The molecule has 1 aromatic carbocycles. The summed E-state index contributed by atoms with van der Waals surface area (Å²) in [4.78, 5) is 1.83. The van der Waals surface area contributed by atoms with Crippen LogP contribution in [0.2, 0.25) is 0 Å². The average Bonchev–Trinajstić information content (AvgIpc) is 2.48. The summed E-state index contributed by atoms with van der Waals surface area (Å²) < 4.78 is 13.0. The molecular formula is C10H12FN3. The van der Waals surface area contributed by atoms with E-state index >= 15 is 0 Å². The van der Waals surface area contributed by atoms with Crippen LogP contribution < -0.4 is 10.6 Å². The summed E-state index contributed by atoms with van der Waals surface area (Å²) in [7, 11) is 0. The number of benzene rings is 1. The van der Waals surface area contributed by atoms with Gasteiger partial charge >= 0.3 is 0 Å². The Morgan fingerprint density at radius 3 is 2.43 bits per heavy atom. The van der Waals surface area contributed by atoms with E-state index in [2.05, 4.69) is 0 Å². The molecule has 0 atom stereocenters. The highest BCUT2D eigenvalue weighted by Gasteiger charge is 2.17. The fourth-order valence-electron chi connectivity index (χ4n) is 1.40. The van der Waals surface area contributed by atoms with E-state index in [-0.39, 0.29) is 6.67 Å². The minimum atomic E-state index is 0.246. The second kappa shape index (κ2) is 3.21. The standard InChI is InChI=1S/C10H12FN3/c1-8-6-13(7-14(8)11)10-4-2-9(12)3-5-10/h2-6H,7,12H2,1H3. The topological polar surface area (TPSA) is 32.5 Å². The van der Waals surface area contributed by atoms with Gasteiger partial charge in [-0.3, -0.25) is 0 Å². The molecule has 0 unspecified atom stereocenters. The van der Waals surface area contributed by atoms with Crippen LogP contribution in [0.25, 0.3) is 0 Å². The van der Waals surface area contributed by atoms with Crippen molar-refractivity contribution in [1.82, 2.24) is 5.12 Å². The third-order valence-electron chi connectivity index (χ3n) is 2.23. The summed E-state index contributed by atoms with van der Waals surface area (Å²) in [5.41, 5.74) is 7.83. The van der Waals surface area contributed by atoms with Gasteiger partial charge in [0.25, 0.3) is 0 Å². The number of nitrogens with zero attached hydrogens (tertiary/aromatic N) is 2. The lowest BCUT2D eigenvalue weighted by molar-refractivity contribution is 0.0863. The number of rotatable bonds is 1. The average molecular weight is 193 g/mol. The van der Waals surface area contributed by atoms with Crippen molar-refractivity contribution in [2.24, 2.45) is 0 Å². The molecule has 0 saturated carbocycles. The minimum absolute atomic E-state index is 0.246. The largest absolute Gasteiger partial charge is 0.399 e. The number of anilines is 2. The first kappa shape index (κ1) is 8.87. The molecule has 2 rings (SSSR count). The van der Waals surface area contributed by atoms with E-state index in [1.807, 2.05) is 17.0 Å². The first-order chi connectivity index (χ1) is 6.66. The Kier molecular flexibility index (Phi) is 2.04. The minimum Gasteiger partial charge on any atom is -0.399 e. The molecule has 0 amide bonds. The number of allylic oxidation sites excluding steroid dienone is 1. The molecule has 0 bridgehead atoms. The van der Waals surface area contributed by atoms with Crippen LogP contribution in [-0.4, -0.2) is 11.8 Å². The fraction of sp³-hybridized carbons (Fsp3) is 0.200. The molecule has 1 aliphatic rings. The van der Waals surface area contributed by atoms with E-state index in [1.165, 1.54) is 0 Å². The van der Waals surface area contributed by atoms with Gasteiger partial charge in [-0.15, -0.1) is 0 Å². The van der Waals surface area contributed by atoms with Gasteiger partial charge in [0.2, 0.25) is 0 Å². The highest BCUT2D eigenvalue weighted by molar-refractivity contribution is 5.55. The summed E-state index contributed by atoms with van der Waals surface area (Å²) in [6.07, 6.45) is 1.77. The predicted molar refractivity (Wildman–Crippen MR) is 54.9 cm³/mol. The zero-order valence-corrected chi connectivity index (χ0v) is 7.94. The monoisotopic (exact) mass is 193 g/mol. The van der Waals surface area contributed by atoms with Crippen LogP contribution in [0.1, 0.15) is 6.92 Å². The van der Waals surface area contributed by atoms with Crippen LogP contribution in [0.15, 0.2) is 36.2 Å². The highest BCUT2D eigenvalue weighted by atomic mass is 19.2. The predicted octanol–water partition coefficient (Wildman–Crippen LogP) is 2.09. The first-order valence-corrected chi connectivity index (χ1v) is 4.41. The molecule has 74 valence electrons. The number of halogens is 1. The van der Waals surface area contributed by atoms with Gasteiger partial charge < -0.3 is 10.6 Å². The van der Waals surface area contributed by atoms with Gasteiger partial charge in [-0.05, 0) is 31.2 Å². The third-order valence-corrected chi connectivity index (χ3v) is 2.23. The maximum Gasteiger partial charge on any atom is 0.125 e. The van der Waals surface area contributed by atoms with Crippen LogP contribution in [0.3, 0.4) is 0 Å². The molecule has 0 aliphatic carbocycles. The number of hydrogen-bond acceptors (Lipinski definition) is 3. The lowest BCUT2D eigenvalue weighted by Gasteiger charge is -2.15. The van der Waals surface area contributed by atoms with Gasteiger partial charge in [0.05, 0.1) is 5.70 Å². The van der Waals surface area contributed by atoms with Crippen molar-refractivity contribution in [2.45, 2.75) is 6.92 Å². The number of hydrogen-bond donors (Lipinski definition) is 1. The molecule has 3 nitrogen and oxygen atoms in total. The van der Waals surface area contributed by atoms with Crippen molar-refractivity contribution >= 4 is 11.4 Å². The molecule has 0 spiro atoms. The molecule has 4 heteroatoms. The Hall–Kier alpha value is -1.71. The van der Waals surface area contributed by atoms with E-state index < -0.39 is 0 Å². The van der Waals surface area contributed by atoms with Crippen molar-refractivity contribution in [2.75, 3.05) is 17.3 Å². The van der Waals surface area contributed by atoms with Gasteiger partial charge in [-0.25, -0.2) is 0 Å². The van der Waals surface area contributed by atoms with Crippen molar-refractivity contribution in [3.8, 4) is 0 Å². The zero-order valence-electron chi connectivity index (χ0n) is 7.94. The summed E-state index contributed by atoms with van der Waals surface area (Å²) in [5.74, 6) is 0. The van der Waals surface area contributed by atoms with Gasteiger partial charge in [0.1, 0.15) is 6.67 Å². The first-order valence-electron chi connectivity index (χ1n) is 4.41. The second-order valence-corrected chi connectivity index (χ2v) is 3.34. The molecule has 1 heterocycles. The van der Waals surface area contributed by atoms with E-state index in [0.29, 0.717) is 16.5 Å². The van der Waals surface area contributed by atoms with Crippen molar-refractivity contribution in [3.63, 3.8) is 0 Å². The molecule has 1 aliphatic heterocycles. The molecule has 0 aromatic heterocycles. The Balaban J connectivity index is 2.22. The zero-order chi connectivity index (χ0) is 10.1. The quantitative estimate of drug-likeness (QED) is 0.547. The fourth-order valence-corrected chi connectivity index (χ4v) is 1.40. The van der Waals surface area contributed by atoms with Gasteiger partial charge in [-0.1, -0.05) is 4.48 Å². The molecule has 0 fully saturated rings. The highest BCUT2D eigenvalue weighted by Crippen LogP contribution is 2.23. The molecule has 0 radical (unpaired) electrons. The van der Waals surface area contributed by atoms with Crippen LogP contribution >= 0.6 is 0 Å². The Morgan fingerprint density at radius 1 is 1.29 bits per heavy atom. The third kappa shape index (κ3) is 1.51. The van der Waals surface area contributed by atoms with Crippen molar-refractivity contribution in [3.05, 3.63) is 36.2 Å². The molecule has 0 saturated heterocycles. The van der Waals surface area contributed by atoms with E-state index in [1.54, 1.807) is 25.3 Å². The van der Waals surface area contributed by atoms with Crippen LogP contribution in [0.4, 0.5) is 15.9 Å². The Labute approximate surface area is 82.2 Å². The summed E-state index contributed by atoms with van der Waals surface area (Å²) >= 11 is 0. The maximum atomic E-state index is 13.0. The van der Waals surface area contributed by atoms with Gasteiger partial charge in [-0.2, -0.15) is 5.12 Å². The van der Waals surface area contributed by atoms with E-state index in [9.17, 15) is 4.48 Å². The molecule has 2 N–H and O–H groups in total. The van der Waals surface area contributed by atoms with Gasteiger partial charge in [0, 0.05) is 17.6 Å². The maximum absolute atomic E-state index is 13.0. The summed E-state index contributed by atoms with van der Waals surface area (Å²) in [6, 6.07) is 7.36. The van der Waals surface area contributed by atoms with Gasteiger partial charge in [0.15, 0.2) is 0 Å². The summed E-state index contributed by atoms with van der Waals surface area (Å²) in [6.45, 7) is 1.98. The Bertz CT molecular complexity index is 358. The lowest BCUT2D eigenvalue weighted by Crippen LogP contribution is -2.19. The normalized spacial score (nSPS) is 16.0. The number of nitrogens with two attached hydrogens (primary N) is 1. The van der Waals surface area contributed by atoms with Crippen LogP contribution in [-0.2, 0) is 0 Å². The van der Waals surface area contributed by atoms with E-state index in [0.717, 1.165) is 5.69 Å². The molecule has 1 aromatic rings. The lowest BCUT2D eigenvalue weighted by atomic mass is 10.3. The second-order valence-electron chi connectivity index (χ2n) is 3.34. The molecular weight excluding hydrogens is 181 g/mol. The van der Waals surface area contributed by atoms with E-state index in [4.69, 9.17) is 5.73 Å². The van der Waals surface area contributed by atoms with Crippen LogP contribution in [0.5, 0.6) is 0 Å². The van der Waals surface area contributed by atoms with Crippen molar-refractivity contribution < 1.29 is 4.48 Å². The summed E-state index contributed by atoms with van der Waals surface area (Å²) in [5, 5.41) is 0.705. The van der Waals surface area contributed by atoms with Crippen LogP contribution in [0, 0.1) is 0 Å². The van der Waals surface area contributed by atoms with Crippen molar-refractivity contribution in [1.29, 1.82) is 0 Å². The molecule has 14 heavy (non-hydrogen) atoms. The SMILES string of the molecule is CC1=CN(c2ccc(N)cc2)CN1F. The Morgan fingerprint density at radius 2 is 1.93 bits per heavy atom.